The zero-order valence-electron chi connectivity index (χ0n) is 14.3. The Morgan fingerprint density at radius 3 is 2.59 bits per heavy atom. The van der Waals surface area contributed by atoms with Crippen LogP contribution in [0.1, 0.15) is 59.8 Å². The van der Waals surface area contributed by atoms with Gasteiger partial charge >= 0.3 is 0 Å². The van der Waals surface area contributed by atoms with E-state index < -0.39 is 11.2 Å². The third kappa shape index (κ3) is 4.08. The summed E-state index contributed by atoms with van der Waals surface area (Å²) < 4.78 is 0. The van der Waals surface area contributed by atoms with Gasteiger partial charge in [0.1, 0.15) is 0 Å². The minimum Gasteiger partial charge on any atom is -0.390 e. The summed E-state index contributed by atoms with van der Waals surface area (Å²) >= 11 is 0. The van der Waals surface area contributed by atoms with Gasteiger partial charge in [-0.15, -0.1) is 0 Å². The van der Waals surface area contributed by atoms with E-state index in [0.717, 1.165) is 31.3 Å². The largest absolute Gasteiger partial charge is 0.390 e. The summed E-state index contributed by atoms with van der Waals surface area (Å²) in [5.41, 5.74) is -0.680. The van der Waals surface area contributed by atoms with Gasteiger partial charge in [0.15, 0.2) is 5.78 Å². The molecule has 2 aliphatic rings. The highest BCUT2D eigenvalue weighted by Gasteiger charge is 2.46. The molecule has 124 valence electrons. The molecule has 0 amide bonds. The van der Waals surface area contributed by atoms with Crippen LogP contribution in [0.2, 0.25) is 0 Å². The number of carbonyl (C=O) groups is 1. The number of ketones is 1. The van der Waals surface area contributed by atoms with Crippen molar-refractivity contribution in [3.05, 3.63) is 23.8 Å². The topological polar surface area (TPSA) is 57.5 Å². The van der Waals surface area contributed by atoms with Gasteiger partial charge in [0.25, 0.3) is 0 Å². The van der Waals surface area contributed by atoms with E-state index in [0.29, 0.717) is 18.3 Å². The molecule has 2 rings (SSSR count). The van der Waals surface area contributed by atoms with Gasteiger partial charge < -0.3 is 10.2 Å². The summed E-state index contributed by atoms with van der Waals surface area (Å²) in [6, 6.07) is 0. The van der Waals surface area contributed by atoms with Crippen LogP contribution in [0, 0.1) is 17.8 Å². The second kappa shape index (κ2) is 6.29. The molecule has 4 atom stereocenters. The van der Waals surface area contributed by atoms with E-state index in [1.165, 1.54) is 0 Å². The predicted octanol–water partition coefficient (Wildman–Crippen LogP) is 3.41. The Bertz CT molecular complexity index is 479. The number of hydrogen-bond acceptors (Lipinski definition) is 3. The maximum absolute atomic E-state index is 11.7. The minimum atomic E-state index is -0.844. The molecule has 0 saturated heterocycles. The normalized spacial score (nSPS) is 31.7. The quantitative estimate of drug-likeness (QED) is 0.765. The maximum Gasteiger partial charge on any atom is 0.155 e. The zero-order chi connectivity index (χ0) is 16.5. The number of allylic oxidation sites excluding steroid dienone is 2. The number of hydrogen-bond donors (Lipinski definition) is 2. The number of rotatable bonds is 5. The van der Waals surface area contributed by atoms with Crippen molar-refractivity contribution in [1.82, 2.24) is 0 Å². The van der Waals surface area contributed by atoms with Crippen molar-refractivity contribution in [2.75, 3.05) is 0 Å². The molecule has 3 heteroatoms. The molecule has 0 aromatic carbocycles. The smallest absolute Gasteiger partial charge is 0.155 e. The van der Waals surface area contributed by atoms with Crippen molar-refractivity contribution in [3.63, 3.8) is 0 Å². The van der Waals surface area contributed by atoms with Crippen LogP contribution in [0.5, 0.6) is 0 Å². The molecule has 2 N–H and O–H groups in total. The van der Waals surface area contributed by atoms with E-state index in [1.54, 1.807) is 26.8 Å². The predicted molar refractivity (Wildman–Crippen MR) is 88.4 cm³/mol. The molecular weight excluding hydrogens is 276 g/mol. The van der Waals surface area contributed by atoms with E-state index in [2.05, 4.69) is 6.08 Å². The summed E-state index contributed by atoms with van der Waals surface area (Å²) in [6.45, 7) is 7.00. The van der Waals surface area contributed by atoms with Gasteiger partial charge in [-0.2, -0.15) is 0 Å². The fourth-order valence-electron chi connectivity index (χ4n) is 4.18. The first-order chi connectivity index (χ1) is 10.1. The number of fused-ring (bicyclic) bond motifs is 1. The van der Waals surface area contributed by atoms with E-state index in [-0.39, 0.29) is 11.7 Å². The molecule has 3 nitrogen and oxygen atoms in total. The fourth-order valence-corrected chi connectivity index (χ4v) is 4.18. The van der Waals surface area contributed by atoms with E-state index in [4.69, 9.17) is 0 Å². The van der Waals surface area contributed by atoms with Crippen molar-refractivity contribution >= 4 is 5.78 Å². The zero-order valence-corrected chi connectivity index (χ0v) is 14.3. The van der Waals surface area contributed by atoms with Crippen LogP contribution in [0.15, 0.2) is 23.8 Å². The lowest BCUT2D eigenvalue weighted by Gasteiger charge is -2.37. The Hall–Kier alpha value is -0.930. The van der Waals surface area contributed by atoms with Gasteiger partial charge in [0, 0.05) is 0 Å². The third-order valence-corrected chi connectivity index (χ3v) is 5.40. The van der Waals surface area contributed by atoms with Gasteiger partial charge in [-0.3, -0.25) is 4.79 Å². The maximum atomic E-state index is 11.7. The van der Waals surface area contributed by atoms with Crippen LogP contribution in [-0.4, -0.2) is 27.2 Å². The molecule has 0 heterocycles. The molecule has 0 bridgehead atoms. The molecule has 0 aromatic rings. The molecule has 1 fully saturated rings. The minimum absolute atomic E-state index is 0.172. The fraction of sp³-hybridized carbons (Fsp3) is 0.737. The van der Waals surface area contributed by atoms with Crippen molar-refractivity contribution in [2.45, 2.75) is 71.0 Å². The van der Waals surface area contributed by atoms with Crippen molar-refractivity contribution in [3.8, 4) is 0 Å². The standard InChI is InChI=1S/C19H30O3/c1-13(20)15-7-6-14-8-9-17(16(14)12-15)19(4,22)11-5-10-18(2,3)21/h5,7,10,14,16-17,21-22H,6,8-9,11-12H2,1-4H3/b10-5+/t14-,16+,17-,19-/m0/s1. The van der Waals surface area contributed by atoms with Gasteiger partial charge in [-0.25, -0.2) is 0 Å². The molecule has 0 radical (unpaired) electrons. The Kier molecular flexibility index (Phi) is 4.98. The van der Waals surface area contributed by atoms with Crippen molar-refractivity contribution in [2.24, 2.45) is 17.8 Å². The van der Waals surface area contributed by atoms with Crippen LogP contribution < -0.4 is 0 Å². The van der Waals surface area contributed by atoms with Crippen molar-refractivity contribution in [1.29, 1.82) is 0 Å². The monoisotopic (exact) mass is 306 g/mol. The lowest BCUT2D eigenvalue weighted by molar-refractivity contribution is -0.114. The summed E-state index contributed by atoms with van der Waals surface area (Å²) in [5, 5.41) is 20.7. The molecule has 22 heavy (non-hydrogen) atoms. The Balaban J connectivity index is 2.07. The second-order valence-electron chi connectivity index (χ2n) is 7.95. The lowest BCUT2D eigenvalue weighted by Crippen LogP contribution is -2.38. The van der Waals surface area contributed by atoms with Crippen LogP contribution in [0.4, 0.5) is 0 Å². The van der Waals surface area contributed by atoms with Crippen molar-refractivity contribution < 1.29 is 15.0 Å². The van der Waals surface area contributed by atoms with Gasteiger partial charge in [0.05, 0.1) is 11.2 Å². The Morgan fingerprint density at radius 1 is 1.32 bits per heavy atom. The highest BCUT2D eigenvalue weighted by molar-refractivity contribution is 5.93. The van der Waals surface area contributed by atoms with Gasteiger partial charge in [-0.1, -0.05) is 18.2 Å². The van der Waals surface area contributed by atoms with Crippen LogP contribution in [-0.2, 0) is 4.79 Å². The number of carbonyl (C=O) groups excluding carboxylic acids is 1. The molecule has 0 unspecified atom stereocenters. The molecule has 0 aliphatic heterocycles. The second-order valence-corrected chi connectivity index (χ2v) is 7.95. The Labute approximate surface area is 134 Å². The van der Waals surface area contributed by atoms with Gasteiger partial charge in [0.2, 0.25) is 0 Å². The summed E-state index contributed by atoms with van der Waals surface area (Å²) in [5.74, 6) is 1.42. The Morgan fingerprint density at radius 2 is 2.00 bits per heavy atom. The SMILES string of the molecule is CC(=O)C1=CC[C@H]2CC[C@H]([C@@](C)(O)C/C=C/C(C)(C)O)[C@@H]2C1. The number of Topliss-reactive ketones (excluding diaryl/α,β-unsaturated/α-hetero) is 1. The first-order valence-corrected chi connectivity index (χ1v) is 8.42. The third-order valence-electron chi connectivity index (χ3n) is 5.40. The lowest BCUT2D eigenvalue weighted by atomic mass is 9.71. The van der Waals surface area contributed by atoms with E-state index in [1.807, 2.05) is 13.0 Å². The molecular formula is C19H30O3. The van der Waals surface area contributed by atoms with Gasteiger partial charge in [-0.05, 0) is 83.1 Å². The first-order valence-electron chi connectivity index (χ1n) is 8.42. The van der Waals surface area contributed by atoms with Crippen LogP contribution >= 0.6 is 0 Å². The van der Waals surface area contributed by atoms with E-state index in [9.17, 15) is 15.0 Å². The van der Waals surface area contributed by atoms with Crippen LogP contribution in [0.3, 0.4) is 0 Å². The molecule has 0 aromatic heterocycles. The summed E-state index contributed by atoms with van der Waals surface area (Å²) in [7, 11) is 0. The van der Waals surface area contributed by atoms with E-state index >= 15 is 0 Å². The first kappa shape index (κ1) is 17.4. The highest BCUT2D eigenvalue weighted by Crippen LogP contribution is 2.50. The van der Waals surface area contributed by atoms with Crippen LogP contribution in [0.25, 0.3) is 0 Å². The summed E-state index contributed by atoms with van der Waals surface area (Å²) in [6.07, 6.45) is 10.2. The highest BCUT2D eigenvalue weighted by atomic mass is 16.3. The molecule has 0 spiro atoms. The average molecular weight is 306 g/mol. The molecule has 2 aliphatic carbocycles. The molecule has 1 saturated carbocycles. The number of aliphatic hydroxyl groups is 2. The average Bonchev–Trinajstić information content (AvgIpc) is 2.80. The summed E-state index contributed by atoms with van der Waals surface area (Å²) in [4.78, 5) is 11.7.